The van der Waals surface area contributed by atoms with E-state index >= 15 is 0 Å². The SMILES string of the molecule is CC1(C)OB(c2ccc(Nc3ncccn3)cc2)OC1(C)C. The largest absolute Gasteiger partial charge is 0.494 e. The molecule has 1 aromatic carbocycles. The number of benzene rings is 1. The fourth-order valence-electron chi connectivity index (χ4n) is 2.20. The summed E-state index contributed by atoms with van der Waals surface area (Å²) < 4.78 is 12.1. The second-order valence-electron chi connectivity index (χ2n) is 6.41. The lowest BCUT2D eigenvalue weighted by Crippen LogP contribution is -2.41. The molecule has 1 aliphatic rings. The summed E-state index contributed by atoms with van der Waals surface area (Å²) in [6.45, 7) is 8.21. The van der Waals surface area contributed by atoms with Crippen molar-refractivity contribution in [3.8, 4) is 0 Å². The Labute approximate surface area is 131 Å². The average molecular weight is 297 g/mol. The standard InChI is InChI=1S/C16H20BN3O2/c1-15(2)16(3,4)22-17(21-15)12-6-8-13(9-7-12)20-14-18-10-5-11-19-14/h5-11H,1-4H3,(H,18,19,20). The van der Waals surface area contributed by atoms with E-state index in [2.05, 4.69) is 43.0 Å². The van der Waals surface area contributed by atoms with Crippen LogP contribution in [0.25, 0.3) is 0 Å². The molecular weight excluding hydrogens is 277 g/mol. The number of anilines is 2. The van der Waals surface area contributed by atoms with E-state index in [1.807, 2.05) is 24.3 Å². The van der Waals surface area contributed by atoms with E-state index < -0.39 is 0 Å². The van der Waals surface area contributed by atoms with Gasteiger partial charge in [0.05, 0.1) is 11.2 Å². The molecule has 0 radical (unpaired) electrons. The van der Waals surface area contributed by atoms with Crippen LogP contribution in [0.1, 0.15) is 27.7 Å². The van der Waals surface area contributed by atoms with Gasteiger partial charge in [-0.1, -0.05) is 12.1 Å². The molecule has 114 valence electrons. The predicted molar refractivity (Wildman–Crippen MR) is 87.5 cm³/mol. The third-order valence-corrected chi connectivity index (χ3v) is 4.26. The van der Waals surface area contributed by atoms with Gasteiger partial charge in [0, 0.05) is 18.1 Å². The van der Waals surface area contributed by atoms with Crippen LogP contribution in [0.2, 0.25) is 0 Å². The van der Waals surface area contributed by atoms with Gasteiger partial charge < -0.3 is 14.6 Å². The summed E-state index contributed by atoms with van der Waals surface area (Å²) in [5, 5.41) is 3.15. The first-order chi connectivity index (χ1) is 10.4. The van der Waals surface area contributed by atoms with Gasteiger partial charge in [-0.15, -0.1) is 0 Å². The Bertz CT molecular complexity index is 628. The number of nitrogens with one attached hydrogen (secondary N) is 1. The minimum atomic E-state index is -0.341. The van der Waals surface area contributed by atoms with Gasteiger partial charge in [-0.2, -0.15) is 0 Å². The first kappa shape index (κ1) is 15.0. The van der Waals surface area contributed by atoms with Gasteiger partial charge in [-0.25, -0.2) is 9.97 Å². The molecule has 0 unspecified atom stereocenters. The molecule has 0 saturated carbocycles. The molecule has 0 atom stereocenters. The third kappa shape index (κ3) is 2.84. The first-order valence-corrected chi connectivity index (χ1v) is 7.37. The van der Waals surface area contributed by atoms with Crippen LogP contribution in [0.5, 0.6) is 0 Å². The number of hydrogen-bond donors (Lipinski definition) is 1. The predicted octanol–water partition coefficient (Wildman–Crippen LogP) is 2.52. The van der Waals surface area contributed by atoms with E-state index in [1.165, 1.54) is 0 Å². The lowest BCUT2D eigenvalue weighted by molar-refractivity contribution is 0.00578. The summed E-state index contributed by atoms with van der Waals surface area (Å²) in [4.78, 5) is 8.28. The van der Waals surface area contributed by atoms with E-state index in [-0.39, 0.29) is 18.3 Å². The van der Waals surface area contributed by atoms with E-state index in [9.17, 15) is 0 Å². The molecule has 2 aromatic rings. The quantitative estimate of drug-likeness (QED) is 0.882. The zero-order valence-electron chi connectivity index (χ0n) is 13.3. The van der Waals surface area contributed by atoms with E-state index in [0.717, 1.165) is 11.2 Å². The second-order valence-corrected chi connectivity index (χ2v) is 6.41. The first-order valence-electron chi connectivity index (χ1n) is 7.37. The lowest BCUT2D eigenvalue weighted by Gasteiger charge is -2.32. The molecule has 1 fully saturated rings. The highest BCUT2D eigenvalue weighted by Crippen LogP contribution is 2.36. The van der Waals surface area contributed by atoms with Gasteiger partial charge in [-0.05, 0) is 51.4 Å². The van der Waals surface area contributed by atoms with Crippen molar-refractivity contribution in [1.29, 1.82) is 0 Å². The zero-order chi connectivity index (χ0) is 15.8. The highest BCUT2D eigenvalue weighted by atomic mass is 16.7. The van der Waals surface area contributed by atoms with Crippen LogP contribution < -0.4 is 10.8 Å². The molecule has 2 heterocycles. The molecule has 1 aliphatic heterocycles. The molecule has 1 aromatic heterocycles. The highest BCUT2D eigenvalue weighted by molar-refractivity contribution is 6.62. The molecule has 1 N–H and O–H groups in total. The van der Waals surface area contributed by atoms with E-state index in [0.29, 0.717) is 5.95 Å². The van der Waals surface area contributed by atoms with Crippen LogP contribution in [0.15, 0.2) is 42.7 Å². The van der Waals surface area contributed by atoms with Crippen molar-refractivity contribution < 1.29 is 9.31 Å². The number of nitrogens with zero attached hydrogens (tertiary/aromatic N) is 2. The summed E-state index contributed by atoms with van der Waals surface area (Å²) in [7, 11) is -0.341. The van der Waals surface area contributed by atoms with Crippen LogP contribution in [0.3, 0.4) is 0 Å². The Kier molecular flexibility index (Phi) is 3.66. The minimum Gasteiger partial charge on any atom is -0.399 e. The van der Waals surface area contributed by atoms with Gasteiger partial charge in [0.1, 0.15) is 0 Å². The number of rotatable bonds is 3. The molecule has 22 heavy (non-hydrogen) atoms. The van der Waals surface area contributed by atoms with Gasteiger partial charge in [0.2, 0.25) is 5.95 Å². The van der Waals surface area contributed by atoms with Gasteiger partial charge >= 0.3 is 7.12 Å². The molecule has 0 aliphatic carbocycles. The molecule has 0 amide bonds. The van der Waals surface area contributed by atoms with E-state index in [1.54, 1.807) is 18.5 Å². The van der Waals surface area contributed by atoms with Crippen LogP contribution in [0.4, 0.5) is 11.6 Å². The van der Waals surface area contributed by atoms with Crippen molar-refractivity contribution >= 4 is 24.2 Å². The molecule has 0 spiro atoms. The number of aromatic nitrogens is 2. The van der Waals surface area contributed by atoms with Crippen molar-refractivity contribution in [1.82, 2.24) is 9.97 Å². The van der Waals surface area contributed by atoms with Crippen LogP contribution in [0, 0.1) is 0 Å². The maximum absolute atomic E-state index is 6.04. The van der Waals surface area contributed by atoms with Crippen LogP contribution >= 0.6 is 0 Å². The molecule has 5 nitrogen and oxygen atoms in total. The van der Waals surface area contributed by atoms with Crippen LogP contribution in [-0.4, -0.2) is 28.3 Å². The Hall–Kier alpha value is -1.92. The Morgan fingerprint density at radius 1 is 0.909 bits per heavy atom. The monoisotopic (exact) mass is 297 g/mol. The molecule has 1 saturated heterocycles. The summed E-state index contributed by atoms with van der Waals surface area (Å²) in [5.41, 5.74) is 1.27. The zero-order valence-corrected chi connectivity index (χ0v) is 13.3. The van der Waals surface area contributed by atoms with Crippen molar-refractivity contribution in [2.24, 2.45) is 0 Å². The van der Waals surface area contributed by atoms with Crippen molar-refractivity contribution in [3.05, 3.63) is 42.7 Å². The van der Waals surface area contributed by atoms with Crippen LogP contribution in [-0.2, 0) is 9.31 Å². The third-order valence-electron chi connectivity index (χ3n) is 4.26. The normalized spacial score (nSPS) is 19.2. The van der Waals surface area contributed by atoms with Gasteiger partial charge in [0.25, 0.3) is 0 Å². The minimum absolute atomic E-state index is 0.327. The lowest BCUT2D eigenvalue weighted by atomic mass is 9.79. The average Bonchev–Trinajstić information content (AvgIpc) is 2.69. The summed E-state index contributed by atoms with van der Waals surface area (Å²) in [6, 6.07) is 9.71. The highest BCUT2D eigenvalue weighted by Gasteiger charge is 2.51. The maximum atomic E-state index is 6.04. The van der Waals surface area contributed by atoms with Gasteiger partial charge in [-0.3, -0.25) is 0 Å². The van der Waals surface area contributed by atoms with Crippen molar-refractivity contribution in [2.75, 3.05) is 5.32 Å². The summed E-state index contributed by atoms with van der Waals surface area (Å²) >= 11 is 0. The Morgan fingerprint density at radius 2 is 1.45 bits per heavy atom. The van der Waals surface area contributed by atoms with Crippen molar-refractivity contribution in [2.45, 2.75) is 38.9 Å². The smallest absolute Gasteiger partial charge is 0.399 e. The number of hydrogen-bond acceptors (Lipinski definition) is 5. The topological polar surface area (TPSA) is 56.3 Å². The molecule has 0 bridgehead atoms. The molecule has 6 heteroatoms. The fraction of sp³-hybridized carbons (Fsp3) is 0.375. The molecule has 3 rings (SSSR count). The second kappa shape index (κ2) is 5.37. The maximum Gasteiger partial charge on any atom is 0.494 e. The molecular formula is C16H20BN3O2. The Morgan fingerprint density at radius 3 is 2.00 bits per heavy atom. The Balaban J connectivity index is 1.73. The summed E-state index contributed by atoms with van der Waals surface area (Å²) in [5.74, 6) is 0.575. The summed E-state index contributed by atoms with van der Waals surface area (Å²) in [6.07, 6.45) is 3.40. The fourth-order valence-corrected chi connectivity index (χ4v) is 2.20. The van der Waals surface area contributed by atoms with Crippen molar-refractivity contribution in [3.63, 3.8) is 0 Å². The van der Waals surface area contributed by atoms with E-state index in [4.69, 9.17) is 9.31 Å². The van der Waals surface area contributed by atoms with Gasteiger partial charge in [0.15, 0.2) is 0 Å².